The normalized spacial score (nSPS) is 10.7. The third kappa shape index (κ3) is 3.59. The highest BCUT2D eigenvalue weighted by atomic mass is 79.9. The van der Waals surface area contributed by atoms with Crippen molar-refractivity contribution in [3.05, 3.63) is 61.8 Å². The minimum atomic E-state index is -0.295. The average molecular weight is 404 g/mol. The summed E-state index contributed by atoms with van der Waals surface area (Å²) in [5, 5.41) is 9.40. The fourth-order valence-electron chi connectivity index (χ4n) is 1.91. The lowest BCUT2D eigenvalue weighted by molar-refractivity contribution is 0.257. The van der Waals surface area contributed by atoms with Gasteiger partial charge in [-0.2, -0.15) is 0 Å². The quantitative estimate of drug-likeness (QED) is 0.799. The van der Waals surface area contributed by atoms with Gasteiger partial charge in [-0.25, -0.2) is 4.39 Å². The SMILES string of the molecule is Cc1cc(Br)cc(CO)c1OCc1ccc(F)cc1Br. The molecule has 20 heavy (non-hydrogen) atoms. The Morgan fingerprint density at radius 3 is 2.55 bits per heavy atom. The smallest absolute Gasteiger partial charge is 0.128 e. The van der Waals surface area contributed by atoms with E-state index < -0.39 is 0 Å². The predicted molar refractivity (Wildman–Crippen MR) is 83.2 cm³/mol. The third-order valence-electron chi connectivity index (χ3n) is 2.87. The van der Waals surface area contributed by atoms with Gasteiger partial charge in [0.1, 0.15) is 18.2 Å². The van der Waals surface area contributed by atoms with E-state index in [1.54, 1.807) is 6.07 Å². The zero-order valence-corrected chi connectivity index (χ0v) is 14.0. The van der Waals surface area contributed by atoms with Crippen molar-refractivity contribution in [1.82, 2.24) is 0 Å². The van der Waals surface area contributed by atoms with Crippen LogP contribution in [0.1, 0.15) is 16.7 Å². The topological polar surface area (TPSA) is 29.5 Å². The molecule has 0 atom stereocenters. The zero-order valence-electron chi connectivity index (χ0n) is 10.8. The van der Waals surface area contributed by atoms with Crippen LogP contribution in [0.25, 0.3) is 0 Å². The molecule has 0 aliphatic rings. The largest absolute Gasteiger partial charge is 0.488 e. The van der Waals surface area contributed by atoms with Crippen LogP contribution in [0.2, 0.25) is 0 Å². The Bertz CT molecular complexity index is 630. The molecule has 0 saturated heterocycles. The lowest BCUT2D eigenvalue weighted by atomic mass is 10.1. The molecule has 2 aromatic rings. The molecule has 0 aliphatic carbocycles. The molecule has 0 bridgehead atoms. The molecule has 0 saturated carbocycles. The molecule has 0 aliphatic heterocycles. The molecule has 0 aromatic heterocycles. The van der Waals surface area contributed by atoms with E-state index in [9.17, 15) is 9.50 Å². The van der Waals surface area contributed by atoms with Gasteiger partial charge in [0.15, 0.2) is 0 Å². The van der Waals surface area contributed by atoms with E-state index in [0.717, 1.165) is 21.2 Å². The molecular weight excluding hydrogens is 391 g/mol. The van der Waals surface area contributed by atoms with Crippen molar-refractivity contribution in [1.29, 1.82) is 0 Å². The summed E-state index contributed by atoms with van der Waals surface area (Å²) >= 11 is 6.70. The predicted octanol–water partition coefficient (Wildman–Crippen LogP) is 4.73. The van der Waals surface area contributed by atoms with Gasteiger partial charge >= 0.3 is 0 Å². The second-order valence-corrected chi connectivity index (χ2v) is 6.16. The molecule has 2 rings (SSSR count). The van der Waals surface area contributed by atoms with E-state index in [2.05, 4.69) is 31.9 Å². The van der Waals surface area contributed by atoms with Crippen LogP contribution in [0.3, 0.4) is 0 Å². The molecule has 0 unspecified atom stereocenters. The fraction of sp³-hybridized carbons (Fsp3) is 0.200. The molecule has 0 spiro atoms. The van der Waals surface area contributed by atoms with E-state index in [1.165, 1.54) is 12.1 Å². The summed E-state index contributed by atoms with van der Waals surface area (Å²) in [6.45, 7) is 2.12. The Morgan fingerprint density at radius 2 is 1.90 bits per heavy atom. The highest BCUT2D eigenvalue weighted by Gasteiger charge is 2.10. The Labute approximate surface area is 133 Å². The van der Waals surface area contributed by atoms with Crippen molar-refractivity contribution < 1.29 is 14.2 Å². The van der Waals surface area contributed by atoms with Crippen molar-refractivity contribution in [3.63, 3.8) is 0 Å². The van der Waals surface area contributed by atoms with Crippen LogP contribution in [-0.4, -0.2) is 5.11 Å². The van der Waals surface area contributed by atoms with Crippen LogP contribution in [0.15, 0.2) is 39.3 Å². The number of rotatable bonds is 4. The number of hydrogen-bond acceptors (Lipinski definition) is 2. The van der Waals surface area contributed by atoms with Gasteiger partial charge in [-0.05, 0) is 36.8 Å². The maximum Gasteiger partial charge on any atom is 0.128 e. The number of aryl methyl sites for hydroxylation is 1. The second-order valence-electron chi connectivity index (χ2n) is 4.39. The highest BCUT2D eigenvalue weighted by Crippen LogP contribution is 2.29. The first kappa shape index (κ1) is 15.5. The van der Waals surface area contributed by atoms with Gasteiger partial charge in [0.25, 0.3) is 0 Å². The van der Waals surface area contributed by atoms with Gasteiger partial charge in [0, 0.05) is 20.1 Å². The van der Waals surface area contributed by atoms with Crippen LogP contribution >= 0.6 is 31.9 Å². The minimum absolute atomic E-state index is 0.0970. The maximum absolute atomic E-state index is 13.0. The molecule has 0 radical (unpaired) electrons. The summed E-state index contributed by atoms with van der Waals surface area (Å²) in [7, 11) is 0. The third-order valence-corrected chi connectivity index (χ3v) is 4.07. The van der Waals surface area contributed by atoms with E-state index in [0.29, 0.717) is 16.8 Å². The van der Waals surface area contributed by atoms with Crippen LogP contribution in [-0.2, 0) is 13.2 Å². The maximum atomic E-state index is 13.0. The van der Waals surface area contributed by atoms with Gasteiger partial charge in [0.05, 0.1) is 6.61 Å². The summed E-state index contributed by atoms with van der Waals surface area (Å²) in [6, 6.07) is 8.22. The van der Waals surface area contributed by atoms with Crippen LogP contribution in [0.5, 0.6) is 5.75 Å². The van der Waals surface area contributed by atoms with Crippen LogP contribution < -0.4 is 4.74 Å². The van der Waals surface area contributed by atoms with Crippen LogP contribution in [0.4, 0.5) is 4.39 Å². The molecule has 1 N–H and O–H groups in total. The lowest BCUT2D eigenvalue weighted by Gasteiger charge is -2.14. The van der Waals surface area contributed by atoms with Gasteiger partial charge < -0.3 is 9.84 Å². The minimum Gasteiger partial charge on any atom is -0.488 e. The van der Waals surface area contributed by atoms with Crippen molar-refractivity contribution in [2.24, 2.45) is 0 Å². The van der Waals surface area contributed by atoms with Crippen molar-refractivity contribution >= 4 is 31.9 Å². The number of aliphatic hydroxyl groups is 1. The van der Waals surface area contributed by atoms with Gasteiger partial charge in [0.2, 0.25) is 0 Å². The van der Waals surface area contributed by atoms with E-state index >= 15 is 0 Å². The fourth-order valence-corrected chi connectivity index (χ4v) is 3.00. The van der Waals surface area contributed by atoms with E-state index in [-0.39, 0.29) is 12.4 Å². The Kier molecular flexibility index (Phi) is 5.18. The first-order chi connectivity index (χ1) is 9.51. The molecular formula is C15H13Br2FO2. The number of benzene rings is 2. The first-order valence-electron chi connectivity index (χ1n) is 5.98. The monoisotopic (exact) mass is 402 g/mol. The number of halogens is 3. The Balaban J connectivity index is 2.22. The summed E-state index contributed by atoms with van der Waals surface area (Å²) in [4.78, 5) is 0. The molecule has 2 aromatic carbocycles. The Hall–Kier alpha value is -0.910. The summed E-state index contributed by atoms with van der Waals surface area (Å²) in [5.74, 6) is 0.364. The Morgan fingerprint density at radius 1 is 1.15 bits per heavy atom. The molecule has 106 valence electrons. The standard InChI is InChI=1S/C15H13Br2FO2/c1-9-4-12(16)5-11(7-19)15(9)20-8-10-2-3-13(18)6-14(10)17/h2-6,19H,7-8H2,1H3. The molecule has 2 nitrogen and oxygen atoms in total. The van der Waals surface area contributed by atoms with Gasteiger partial charge in [-0.15, -0.1) is 0 Å². The lowest BCUT2D eigenvalue weighted by Crippen LogP contribution is -2.02. The van der Waals surface area contributed by atoms with E-state index in [4.69, 9.17) is 4.74 Å². The highest BCUT2D eigenvalue weighted by molar-refractivity contribution is 9.10. The summed E-state index contributed by atoms with van der Waals surface area (Å²) in [5.41, 5.74) is 2.49. The molecule has 0 amide bonds. The van der Waals surface area contributed by atoms with Gasteiger partial charge in [-0.3, -0.25) is 0 Å². The number of ether oxygens (including phenoxy) is 1. The zero-order chi connectivity index (χ0) is 14.7. The average Bonchev–Trinajstić information content (AvgIpc) is 2.38. The summed E-state index contributed by atoms with van der Waals surface area (Å²) in [6.07, 6.45) is 0. The van der Waals surface area contributed by atoms with Gasteiger partial charge in [-0.1, -0.05) is 37.9 Å². The van der Waals surface area contributed by atoms with Crippen molar-refractivity contribution in [2.45, 2.75) is 20.1 Å². The number of aliphatic hydroxyl groups excluding tert-OH is 1. The molecule has 0 fully saturated rings. The number of hydrogen-bond donors (Lipinski definition) is 1. The summed E-state index contributed by atoms with van der Waals surface area (Å²) < 4.78 is 20.4. The van der Waals surface area contributed by atoms with E-state index in [1.807, 2.05) is 19.1 Å². The molecule has 0 heterocycles. The first-order valence-corrected chi connectivity index (χ1v) is 7.56. The van der Waals surface area contributed by atoms with Crippen molar-refractivity contribution in [2.75, 3.05) is 0 Å². The van der Waals surface area contributed by atoms with Crippen LogP contribution in [0, 0.1) is 12.7 Å². The molecule has 5 heteroatoms. The second kappa shape index (κ2) is 6.70. The van der Waals surface area contributed by atoms with Crippen molar-refractivity contribution in [3.8, 4) is 5.75 Å².